The third-order valence-corrected chi connectivity index (χ3v) is 4.49. The lowest BCUT2D eigenvalue weighted by Gasteiger charge is -2.11. The minimum Gasteiger partial charge on any atom is -0.378 e. The molecule has 2 aromatic rings. The van der Waals surface area contributed by atoms with Gasteiger partial charge < -0.3 is 9.30 Å². The topological polar surface area (TPSA) is 27.1 Å². The van der Waals surface area contributed by atoms with Crippen LogP contribution in [0.3, 0.4) is 0 Å². The average molecular weight is 382 g/mol. The number of ether oxygens (including phenoxy) is 1. The molecule has 1 fully saturated rings. The molecule has 1 aromatic heterocycles. The van der Waals surface area contributed by atoms with Gasteiger partial charge in [0.05, 0.1) is 6.10 Å². The molecule has 0 bridgehead atoms. The Morgan fingerprint density at radius 3 is 2.90 bits per heavy atom. The van der Waals surface area contributed by atoms with Gasteiger partial charge in [-0.25, -0.2) is 4.98 Å². The average Bonchev–Trinajstić information content (AvgIpc) is 3.11. The summed E-state index contributed by atoms with van der Waals surface area (Å²) in [5, 5.41) is 0. The van der Waals surface area contributed by atoms with Gasteiger partial charge in [-0.1, -0.05) is 12.1 Å². The number of halogens is 1. The highest BCUT2D eigenvalue weighted by Gasteiger charge is 2.15. The predicted octanol–water partition coefficient (Wildman–Crippen LogP) is 4.11. The summed E-state index contributed by atoms with van der Waals surface area (Å²) in [7, 11) is 0. The lowest BCUT2D eigenvalue weighted by atomic mass is 10.1. The number of imidazole rings is 1. The Hall–Kier alpha value is -0.880. The Morgan fingerprint density at radius 1 is 1.30 bits per heavy atom. The van der Waals surface area contributed by atoms with Crippen molar-refractivity contribution in [3.63, 3.8) is 0 Å². The van der Waals surface area contributed by atoms with Crippen LogP contribution in [0.1, 0.15) is 25.7 Å². The zero-order chi connectivity index (χ0) is 13.8. The van der Waals surface area contributed by atoms with Crippen molar-refractivity contribution in [1.29, 1.82) is 0 Å². The number of benzene rings is 1. The summed E-state index contributed by atoms with van der Waals surface area (Å²) in [4.78, 5) is 4.50. The van der Waals surface area contributed by atoms with Crippen molar-refractivity contribution in [1.82, 2.24) is 9.55 Å². The highest BCUT2D eigenvalue weighted by molar-refractivity contribution is 14.1. The summed E-state index contributed by atoms with van der Waals surface area (Å²) in [6.07, 6.45) is 9.21. The maximum Gasteiger partial charge on any atom is 0.139 e. The minimum absolute atomic E-state index is 0.486. The van der Waals surface area contributed by atoms with E-state index in [9.17, 15) is 0 Å². The van der Waals surface area contributed by atoms with Crippen LogP contribution in [0.25, 0.3) is 11.4 Å². The van der Waals surface area contributed by atoms with E-state index in [-0.39, 0.29) is 0 Å². The van der Waals surface area contributed by atoms with Crippen LogP contribution in [0.4, 0.5) is 0 Å². The zero-order valence-corrected chi connectivity index (χ0v) is 13.6. The first-order chi connectivity index (χ1) is 9.83. The number of rotatable bonds is 5. The van der Waals surface area contributed by atoms with Crippen LogP contribution in [0.2, 0.25) is 0 Å². The SMILES string of the molecule is Ic1ccc(-c2nccn2CCCC2CCCO2)cc1. The molecule has 0 N–H and O–H groups in total. The maximum atomic E-state index is 5.67. The van der Waals surface area contributed by atoms with Gasteiger partial charge in [-0.3, -0.25) is 0 Å². The van der Waals surface area contributed by atoms with Crippen LogP contribution in [-0.2, 0) is 11.3 Å². The first-order valence-electron chi connectivity index (χ1n) is 7.21. The van der Waals surface area contributed by atoms with Gasteiger partial charge in [0, 0.05) is 34.7 Å². The van der Waals surface area contributed by atoms with Crippen LogP contribution < -0.4 is 0 Å². The van der Waals surface area contributed by atoms with Crippen molar-refractivity contribution in [2.75, 3.05) is 6.61 Å². The van der Waals surface area contributed by atoms with Gasteiger partial charge in [-0.2, -0.15) is 0 Å². The van der Waals surface area contributed by atoms with Gasteiger partial charge in [-0.05, 0) is 60.4 Å². The van der Waals surface area contributed by atoms with Crippen molar-refractivity contribution in [2.24, 2.45) is 0 Å². The molecule has 1 aromatic carbocycles. The van der Waals surface area contributed by atoms with Crippen LogP contribution in [0.5, 0.6) is 0 Å². The molecule has 20 heavy (non-hydrogen) atoms. The number of hydrogen-bond donors (Lipinski definition) is 0. The van der Waals surface area contributed by atoms with E-state index >= 15 is 0 Å². The molecular weight excluding hydrogens is 363 g/mol. The van der Waals surface area contributed by atoms with Gasteiger partial charge >= 0.3 is 0 Å². The molecule has 106 valence electrons. The molecule has 1 aliphatic heterocycles. The van der Waals surface area contributed by atoms with E-state index in [1.54, 1.807) is 0 Å². The molecule has 1 atom stereocenters. The van der Waals surface area contributed by atoms with Gasteiger partial charge in [0.1, 0.15) is 5.82 Å². The summed E-state index contributed by atoms with van der Waals surface area (Å²) in [5.74, 6) is 1.06. The second-order valence-corrected chi connectivity index (χ2v) is 6.47. The van der Waals surface area contributed by atoms with E-state index in [0.29, 0.717) is 6.10 Å². The molecule has 4 heteroatoms. The summed E-state index contributed by atoms with van der Waals surface area (Å²) in [6, 6.07) is 8.53. The molecule has 0 radical (unpaired) electrons. The molecule has 1 aliphatic rings. The van der Waals surface area contributed by atoms with E-state index in [2.05, 4.69) is 62.6 Å². The van der Waals surface area contributed by atoms with Crippen LogP contribution in [-0.4, -0.2) is 22.3 Å². The highest BCUT2D eigenvalue weighted by atomic mass is 127. The van der Waals surface area contributed by atoms with Crippen LogP contribution in [0, 0.1) is 3.57 Å². The molecule has 1 saturated heterocycles. The van der Waals surface area contributed by atoms with Crippen molar-refractivity contribution < 1.29 is 4.74 Å². The zero-order valence-electron chi connectivity index (χ0n) is 11.5. The van der Waals surface area contributed by atoms with E-state index in [0.717, 1.165) is 31.8 Å². The van der Waals surface area contributed by atoms with E-state index in [1.807, 2.05) is 6.20 Å². The van der Waals surface area contributed by atoms with Crippen molar-refractivity contribution in [3.8, 4) is 11.4 Å². The highest BCUT2D eigenvalue weighted by Crippen LogP contribution is 2.21. The Balaban J connectivity index is 1.62. The standard InChI is InChI=1S/C16H19IN2O/c17-14-7-5-13(6-8-14)16-18-9-11-19(16)10-1-3-15-4-2-12-20-15/h5-9,11,15H,1-4,10,12H2. The van der Waals surface area contributed by atoms with Crippen LogP contribution >= 0.6 is 22.6 Å². The Labute approximate surface area is 133 Å². The fourth-order valence-corrected chi connectivity index (χ4v) is 3.07. The molecular formula is C16H19IN2O. The number of nitrogens with zero attached hydrogens (tertiary/aromatic N) is 2. The first kappa shape index (κ1) is 14.1. The molecule has 1 unspecified atom stereocenters. The predicted molar refractivity (Wildman–Crippen MR) is 88.6 cm³/mol. The largest absolute Gasteiger partial charge is 0.378 e. The lowest BCUT2D eigenvalue weighted by Crippen LogP contribution is -2.07. The maximum absolute atomic E-state index is 5.67. The van der Waals surface area contributed by atoms with Crippen LogP contribution in [0.15, 0.2) is 36.7 Å². The fraction of sp³-hybridized carbons (Fsp3) is 0.438. The molecule has 0 aliphatic carbocycles. The number of hydrogen-bond acceptors (Lipinski definition) is 2. The second kappa shape index (κ2) is 6.72. The van der Waals surface area contributed by atoms with Gasteiger partial charge in [-0.15, -0.1) is 0 Å². The number of aryl methyl sites for hydroxylation is 1. The molecule has 0 saturated carbocycles. The van der Waals surface area contributed by atoms with E-state index in [4.69, 9.17) is 4.74 Å². The Kier molecular flexibility index (Phi) is 4.73. The summed E-state index contributed by atoms with van der Waals surface area (Å²) in [5.41, 5.74) is 1.19. The smallest absolute Gasteiger partial charge is 0.139 e. The number of aromatic nitrogens is 2. The van der Waals surface area contributed by atoms with Crippen molar-refractivity contribution >= 4 is 22.6 Å². The third-order valence-electron chi connectivity index (χ3n) is 3.77. The molecule has 3 rings (SSSR count). The summed E-state index contributed by atoms with van der Waals surface area (Å²) >= 11 is 2.33. The first-order valence-corrected chi connectivity index (χ1v) is 8.29. The van der Waals surface area contributed by atoms with Gasteiger partial charge in [0.15, 0.2) is 0 Å². The second-order valence-electron chi connectivity index (χ2n) is 5.23. The van der Waals surface area contributed by atoms with Gasteiger partial charge in [0.2, 0.25) is 0 Å². The minimum atomic E-state index is 0.486. The quantitative estimate of drug-likeness (QED) is 0.728. The van der Waals surface area contributed by atoms with E-state index in [1.165, 1.54) is 22.0 Å². The monoisotopic (exact) mass is 382 g/mol. The third kappa shape index (κ3) is 3.41. The fourth-order valence-electron chi connectivity index (χ4n) is 2.71. The Bertz CT molecular complexity index is 544. The molecule has 0 spiro atoms. The van der Waals surface area contributed by atoms with Crippen molar-refractivity contribution in [2.45, 2.75) is 38.3 Å². The molecule has 3 nitrogen and oxygen atoms in total. The normalized spacial score (nSPS) is 18.6. The molecule has 2 heterocycles. The molecule has 0 amide bonds. The lowest BCUT2D eigenvalue weighted by molar-refractivity contribution is 0.101. The van der Waals surface area contributed by atoms with Gasteiger partial charge in [0.25, 0.3) is 0 Å². The van der Waals surface area contributed by atoms with Crippen molar-refractivity contribution in [3.05, 3.63) is 40.2 Å². The summed E-state index contributed by atoms with van der Waals surface area (Å²) < 4.78 is 9.17. The Morgan fingerprint density at radius 2 is 2.15 bits per heavy atom. The summed E-state index contributed by atoms with van der Waals surface area (Å²) in [6.45, 7) is 1.96. The van der Waals surface area contributed by atoms with E-state index < -0.39 is 0 Å².